The minimum Gasteiger partial charge on any atom is -0.352 e. The van der Waals surface area contributed by atoms with Gasteiger partial charge in [0.25, 0.3) is 0 Å². The molecule has 0 saturated carbocycles. The average molecular weight is 230 g/mol. The van der Waals surface area contributed by atoms with Gasteiger partial charge in [0.15, 0.2) is 0 Å². The summed E-state index contributed by atoms with van der Waals surface area (Å²) >= 11 is 0. The Labute approximate surface area is 100 Å². The van der Waals surface area contributed by atoms with E-state index in [1.165, 1.54) is 17.8 Å². The van der Waals surface area contributed by atoms with Gasteiger partial charge in [-0.25, -0.2) is 4.39 Å². The number of hydrogen-bond acceptors (Lipinski definition) is 1. The van der Waals surface area contributed by atoms with Gasteiger partial charge >= 0.3 is 0 Å². The van der Waals surface area contributed by atoms with Crippen molar-refractivity contribution in [1.29, 1.82) is 0 Å². The monoisotopic (exact) mass is 230 g/mol. The molecule has 3 heteroatoms. The number of halogens is 1. The number of aliphatic imine (C=N–C) groups is 1. The minimum atomic E-state index is -0.263. The summed E-state index contributed by atoms with van der Waals surface area (Å²) in [6.07, 6.45) is 1.77. The van der Waals surface area contributed by atoms with Crippen molar-refractivity contribution in [2.45, 2.75) is 13.8 Å². The molecule has 0 aliphatic carbocycles. The first-order valence-corrected chi connectivity index (χ1v) is 5.50. The summed E-state index contributed by atoms with van der Waals surface area (Å²) in [6.45, 7) is 4.09. The van der Waals surface area contributed by atoms with Gasteiger partial charge in [0, 0.05) is 30.2 Å². The van der Waals surface area contributed by atoms with Gasteiger partial charge < -0.3 is 4.57 Å². The van der Waals surface area contributed by atoms with E-state index >= 15 is 0 Å². The van der Waals surface area contributed by atoms with Gasteiger partial charge in [0.05, 0.1) is 5.69 Å². The molecule has 0 radical (unpaired) electrons. The highest BCUT2D eigenvalue weighted by atomic mass is 19.1. The number of nitrogens with zero attached hydrogens (tertiary/aromatic N) is 2. The summed E-state index contributed by atoms with van der Waals surface area (Å²) in [5.74, 6) is -0.263. The molecule has 0 spiro atoms. The predicted molar refractivity (Wildman–Crippen MR) is 68.5 cm³/mol. The maximum absolute atomic E-state index is 13.0. The zero-order valence-electron chi connectivity index (χ0n) is 10.2. The molecule has 17 heavy (non-hydrogen) atoms. The van der Waals surface area contributed by atoms with Gasteiger partial charge in [-0.2, -0.15) is 0 Å². The molecular formula is C14H15FN2. The van der Waals surface area contributed by atoms with Gasteiger partial charge in [0.2, 0.25) is 0 Å². The molecule has 2 aromatic rings. The fourth-order valence-corrected chi connectivity index (χ4v) is 1.72. The fraction of sp³-hybridized carbons (Fsp3) is 0.214. The molecular weight excluding hydrogens is 215 g/mol. The lowest BCUT2D eigenvalue weighted by molar-refractivity contribution is 0.628. The summed E-state index contributed by atoms with van der Waals surface area (Å²) in [4.78, 5) is 4.27. The summed E-state index contributed by atoms with van der Waals surface area (Å²) in [7, 11) is 2.02. The Bertz CT molecular complexity index is 568. The molecule has 0 atom stereocenters. The Morgan fingerprint density at radius 2 is 2.00 bits per heavy atom. The lowest BCUT2D eigenvalue weighted by Crippen LogP contribution is -1.93. The molecule has 2 rings (SSSR count). The Kier molecular flexibility index (Phi) is 3.09. The third kappa shape index (κ3) is 2.44. The van der Waals surface area contributed by atoms with Crippen LogP contribution in [0.4, 0.5) is 10.1 Å². The first-order valence-electron chi connectivity index (χ1n) is 5.50. The highest BCUT2D eigenvalue weighted by Gasteiger charge is 2.03. The van der Waals surface area contributed by atoms with E-state index in [1.807, 2.05) is 20.9 Å². The second-order valence-electron chi connectivity index (χ2n) is 4.12. The van der Waals surface area contributed by atoms with Crippen LogP contribution in [0.15, 0.2) is 35.3 Å². The van der Waals surface area contributed by atoms with Crippen LogP contribution in [-0.4, -0.2) is 10.8 Å². The van der Waals surface area contributed by atoms with Gasteiger partial charge in [0.1, 0.15) is 5.82 Å². The zero-order valence-corrected chi connectivity index (χ0v) is 10.2. The van der Waals surface area contributed by atoms with Crippen LogP contribution in [0.25, 0.3) is 0 Å². The molecule has 0 N–H and O–H groups in total. The second-order valence-corrected chi connectivity index (χ2v) is 4.12. The van der Waals surface area contributed by atoms with Crippen LogP contribution < -0.4 is 0 Å². The molecule has 0 bridgehead atoms. The molecule has 0 unspecified atom stereocenters. The van der Waals surface area contributed by atoms with Crippen LogP contribution in [0.3, 0.4) is 0 Å². The van der Waals surface area contributed by atoms with E-state index in [4.69, 9.17) is 0 Å². The van der Waals surface area contributed by atoms with Crippen LogP contribution in [0.2, 0.25) is 0 Å². The lowest BCUT2D eigenvalue weighted by Gasteiger charge is -1.98. The topological polar surface area (TPSA) is 17.3 Å². The third-order valence-corrected chi connectivity index (χ3v) is 2.98. The number of rotatable bonds is 2. The molecule has 0 aliphatic heterocycles. The SMILES string of the molecule is Cc1cc(C=Nc2cccc(F)c2)c(C)n1C. The number of aryl methyl sites for hydroxylation is 1. The molecule has 0 amide bonds. The molecule has 1 aromatic carbocycles. The van der Waals surface area contributed by atoms with E-state index < -0.39 is 0 Å². The Morgan fingerprint density at radius 3 is 2.59 bits per heavy atom. The standard InChI is InChI=1S/C14H15FN2/c1-10-7-12(11(2)17(10)3)9-16-14-6-4-5-13(15)8-14/h4-9H,1-3H3. The van der Waals surface area contributed by atoms with Crippen molar-refractivity contribution in [3.63, 3.8) is 0 Å². The van der Waals surface area contributed by atoms with Crippen LogP contribution in [0.5, 0.6) is 0 Å². The van der Waals surface area contributed by atoms with Gasteiger partial charge in [-0.05, 0) is 38.1 Å². The second kappa shape index (κ2) is 4.53. The highest BCUT2D eigenvalue weighted by Crippen LogP contribution is 2.15. The lowest BCUT2D eigenvalue weighted by atomic mass is 10.2. The zero-order chi connectivity index (χ0) is 12.4. The van der Waals surface area contributed by atoms with E-state index in [1.54, 1.807) is 18.3 Å². The highest BCUT2D eigenvalue weighted by molar-refractivity contribution is 5.83. The van der Waals surface area contributed by atoms with Crippen LogP contribution in [0, 0.1) is 19.7 Å². The summed E-state index contributed by atoms with van der Waals surface area (Å²) in [5, 5.41) is 0. The Morgan fingerprint density at radius 1 is 1.24 bits per heavy atom. The van der Waals surface area contributed by atoms with Gasteiger partial charge in [-0.1, -0.05) is 6.07 Å². The predicted octanol–water partition coefficient (Wildman–Crippen LogP) is 3.53. The summed E-state index contributed by atoms with van der Waals surface area (Å²) in [5.41, 5.74) is 4.03. The van der Waals surface area contributed by atoms with Crippen molar-refractivity contribution in [1.82, 2.24) is 4.57 Å². The molecule has 2 nitrogen and oxygen atoms in total. The summed E-state index contributed by atoms with van der Waals surface area (Å²) < 4.78 is 15.1. The quantitative estimate of drug-likeness (QED) is 0.702. The maximum atomic E-state index is 13.0. The molecule has 0 saturated heterocycles. The molecule has 1 heterocycles. The van der Waals surface area contributed by atoms with Crippen molar-refractivity contribution in [3.8, 4) is 0 Å². The third-order valence-electron chi connectivity index (χ3n) is 2.98. The van der Waals surface area contributed by atoms with Crippen molar-refractivity contribution in [2.75, 3.05) is 0 Å². The van der Waals surface area contributed by atoms with E-state index in [2.05, 4.69) is 15.6 Å². The smallest absolute Gasteiger partial charge is 0.125 e. The van der Waals surface area contributed by atoms with Crippen LogP contribution in [0.1, 0.15) is 17.0 Å². The molecule has 1 aromatic heterocycles. The van der Waals surface area contributed by atoms with Crippen molar-refractivity contribution < 1.29 is 4.39 Å². The van der Waals surface area contributed by atoms with Crippen LogP contribution in [-0.2, 0) is 7.05 Å². The van der Waals surface area contributed by atoms with Gasteiger partial charge in [-0.15, -0.1) is 0 Å². The van der Waals surface area contributed by atoms with E-state index in [-0.39, 0.29) is 5.82 Å². The normalized spacial score (nSPS) is 11.3. The molecule has 88 valence electrons. The Hall–Kier alpha value is -1.90. The van der Waals surface area contributed by atoms with Crippen molar-refractivity contribution in [2.24, 2.45) is 12.0 Å². The van der Waals surface area contributed by atoms with Crippen LogP contribution >= 0.6 is 0 Å². The number of hydrogen-bond donors (Lipinski definition) is 0. The number of aromatic nitrogens is 1. The first-order chi connectivity index (χ1) is 8.08. The van der Waals surface area contributed by atoms with E-state index in [0.717, 1.165) is 11.3 Å². The fourth-order valence-electron chi connectivity index (χ4n) is 1.72. The average Bonchev–Trinajstić information content (AvgIpc) is 2.54. The molecule has 0 fully saturated rings. The first kappa shape index (κ1) is 11.6. The minimum absolute atomic E-state index is 0.263. The number of benzene rings is 1. The largest absolute Gasteiger partial charge is 0.352 e. The van der Waals surface area contributed by atoms with Gasteiger partial charge in [-0.3, -0.25) is 4.99 Å². The maximum Gasteiger partial charge on any atom is 0.125 e. The van der Waals surface area contributed by atoms with E-state index in [0.29, 0.717) is 5.69 Å². The van der Waals surface area contributed by atoms with E-state index in [9.17, 15) is 4.39 Å². The van der Waals surface area contributed by atoms with Crippen molar-refractivity contribution in [3.05, 3.63) is 53.1 Å². The Balaban J connectivity index is 2.29. The molecule has 0 aliphatic rings. The summed E-state index contributed by atoms with van der Waals surface area (Å²) in [6, 6.07) is 8.34. The van der Waals surface area contributed by atoms with Crippen molar-refractivity contribution >= 4 is 11.9 Å².